The predicted molar refractivity (Wildman–Crippen MR) is 80.1 cm³/mol. The van der Waals surface area contributed by atoms with E-state index < -0.39 is 9.84 Å². The molecule has 0 amide bonds. The summed E-state index contributed by atoms with van der Waals surface area (Å²) < 4.78 is 24.1. The van der Waals surface area contributed by atoms with E-state index in [1.165, 1.54) is 0 Å². The molecule has 108 valence electrons. The van der Waals surface area contributed by atoms with E-state index >= 15 is 0 Å². The van der Waals surface area contributed by atoms with Gasteiger partial charge < -0.3 is 5.73 Å². The van der Waals surface area contributed by atoms with E-state index in [9.17, 15) is 8.42 Å². The lowest BCUT2D eigenvalue weighted by molar-refractivity contribution is 0.567. The maximum absolute atomic E-state index is 12.1. The smallest absolute Gasteiger partial charge is 0.178 e. The van der Waals surface area contributed by atoms with Gasteiger partial charge in [-0.25, -0.2) is 8.42 Å². The molecule has 0 aromatic heterocycles. The Bertz CT molecular complexity index is 495. The van der Waals surface area contributed by atoms with Crippen LogP contribution in [0.1, 0.15) is 51.5 Å². The van der Waals surface area contributed by atoms with Crippen LogP contribution in [-0.2, 0) is 9.84 Å². The van der Waals surface area contributed by atoms with Crippen molar-refractivity contribution in [3.63, 3.8) is 0 Å². The maximum Gasteiger partial charge on any atom is 0.178 e. The molecule has 3 nitrogen and oxygen atoms in total. The normalized spacial score (nSPS) is 15.2. The van der Waals surface area contributed by atoms with Gasteiger partial charge in [-0.05, 0) is 49.8 Å². The fourth-order valence-electron chi connectivity index (χ4n) is 2.08. The molecule has 0 aliphatic heterocycles. The topological polar surface area (TPSA) is 60.2 Å². The molecule has 0 spiro atoms. The molecule has 19 heavy (non-hydrogen) atoms. The molecule has 1 aromatic rings. The fraction of sp³-hybridized carbons (Fsp3) is 0.600. The van der Waals surface area contributed by atoms with Gasteiger partial charge in [-0.15, -0.1) is 0 Å². The van der Waals surface area contributed by atoms with Crippen LogP contribution < -0.4 is 5.73 Å². The first-order chi connectivity index (χ1) is 8.86. The number of nitrogens with two attached hydrogens (primary N) is 1. The van der Waals surface area contributed by atoms with Gasteiger partial charge in [0, 0.05) is 6.04 Å². The van der Waals surface area contributed by atoms with Crippen molar-refractivity contribution in [2.24, 2.45) is 5.73 Å². The van der Waals surface area contributed by atoms with Crippen molar-refractivity contribution in [3.05, 3.63) is 29.8 Å². The zero-order valence-corrected chi connectivity index (χ0v) is 12.9. The minimum Gasteiger partial charge on any atom is -0.328 e. The Morgan fingerprint density at radius 1 is 1.21 bits per heavy atom. The zero-order chi connectivity index (χ0) is 14.5. The van der Waals surface area contributed by atoms with Gasteiger partial charge in [0.25, 0.3) is 0 Å². The third-order valence-electron chi connectivity index (χ3n) is 3.31. The van der Waals surface area contributed by atoms with Crippen LogP contribution in [0.4, 0.5) is 0 Å². The van der Waals surface area contributed by atoms with Crippen LogP contribution >= 0.6 is 0 Å². The first-order valence-electron chi connectivity index (χ1n) is 6.95. The van der Waals surface area contributed by atoms with Gasteiger partial charge in [0.05, 0.1) is 10.6 Å². The van der Waals surface area contributed by atoms with Crippen molar-refractivity contribution >= 4 is 9.84 Å². The van der Waals surface area contributed by atoms with Crippen molar-refractivity contribution < 1.29 is 8.42 Å². The molecule has 0 aliphatic carbocycles. The minimum atomic E-state index is -3.12. The monoisotopic (exact) mass is 283 g/mol. The Morgan fingerprint density at radius 3 is 2.47 bits per heavy atom. The molecule has 2 atom stereocenters. The SMILES string of the molecule is CCCS(=O)(=O)c1cccc(C(C)CCC(C)N)c1. The molecule has 0 radical (unpaired) electrons. The molecule has 0 saturated carbocycles. The van der Waals surface area contributed by atoms with E-state index in [1.807, 2.05) is 32.0 Å². The van der Waals surface area contributed by atoms with Crippen molar-refractivity contribution in [1.29, 1.82) is 0 Å². The number of sulfone groups is 1. The summed E-state index contributed by atoms with van der Waals surface area (Å²) in [5, 5.41) is 0. The number of rotatable bonds is 7. The Balaban J connectivity index is 2.88. The maximum atomic E-state index is 12.1. The van der Waals surface area contributed by atoms with Gasteiger partial charge in [-0.1, -0.05) is 26.0 Å². The lowest BCUT2D eigenvalue weighted by Gasteiger charge is -2.14. The van der Waals surface area contributed by atoms with E-state index in [4.69, 9.17) is 5.73 Å². The second-order valence-electron chi connectivity index (χ2n) is 5.35. The second kappa shape index (κ2) is 7.06. The first-order valence-corrected chi connectivity index (χ1v) is 8.60. The molecular formula is C15H25NO2S. The zero-order valence-electron chi connectivity index (χ0n) is 12.1. The van der Waals surface area contributed by atoms with Crippen LogP contribution in [0, 0.1) is 0 Å². The summed E-state index contributed by atoms with van der Waals surface area (Å²) in [5.74, 6) is 0.549. The third-order valence-corrected chi connectivity index (χ3v) is 5.23. The number of hydrogen-bond donors (Lipinski definition) is 1. The Morgan fingerprint density at radius 2 is 1.89 bits per heavy atom. The van der Waals surface area contributed by atoms with Crippen LogP contribution in [0.2, 0.25) is 0 Å². The van der Waals surface area contributed by atoms with Crippen molar-refractivity contribution in [3.8, 4) is 0 Å². The van der Waals surface area contributed by atoms with Gasteiger partial charge >= 0.3 is 0 Å². The molecule has 2 N–H and O–H groups in total. The second-order valence-corrected chi connectivity index (χ2v) is 7.46. The number of hydrogen-bond acceptors (Lipinski definition) is 3. The van der Waals surface area contributed by atoms with E-state index in [-0.39, 0.29) is 11.8 Å². The van der Waals surface area contributed by atoms with Crippen LogP contribution in [0.5, 0.6) is 0 Å². The quantitative estimate of drug-likeness (QED) is 0.836. The molecule has 2 unspecified atom stereocenters. The van der Waals surface area contributed by atoms with Crippen LogP contribution in [0.15, 0.2) is 29.2 Å². The Labute approximate surface area is 117 Å². The molecule has 1 rings (SSSR count). The highest BCUT2D eigenvalue weighted by atomic mass is 32.2. The van der Waals surface area contributed by atoms with Crippen LogP contribution in [0.25, 0.3) is 0 Å². The van der Waals surface area contributed by atoms with Crippen LogP contribution in [-0.4, -0.2) is 20.2 Å². The van der Waals surface area contributed by atoms with Gasteiger partial charge in [-0.2, -0.15) is 0 Å². The molecule has 0 heterocycles. The largest absolute Gasteiger partial charge is 0.328 e. The minimum absolute atomic E-state index is 0.189. The molecule has 0 bridgehead atoms. The van der Waals surface area contributed by atoms with E-state index in [1.54, 1.807) is 6.07 Å². The average Bonchev–Trinajstić information content (AvgIpc) is 2.36. The average molecular weight is 283 g/mol. The predicted octanol–water partition coefficient (Wildman–Crippen LogP) is 3.10. The summed E-state index contributed by atoms with van der Waals surface area (Å²) >= 11 is 0. The Kier molecular flexibility index (Phi) is 6.01. The highest BCUT2D eigenvalue weighted by Crippen LogP contribution is 2.24. The summed E-state index contributed by atoms with van der Waals surface area (Å²) in [7, 11) is -3.12. The van der Waals surface area contributed by atoms with Crippen molar-refractivity contribution in [2.45, 2.75) is 56.9 Å². The molecule has 0 aliphatic rings. The standard InChI is InChI=1S/C15H25NO2S/c1-4-10-19(17,18)15-7-5-6-14(11-15)12(2)8-9-13(3)16/h5-7,11-13H,4,8-10,16H2,1-3H3. The first kappa shape index (κ1) is 16.2. The highest BCUT2D eigenvalue weighted by molar-refractivity contribution is 7.91. The molecule has 4 heteroatoms. The molecule has 0 fully saturated rings. The van der Waals surface area contributed by atoms with Crippen molar-refractivity contribution in [2.75, 3.05) is 5.75 Å². The van der Waals surface area contributed by atoms with Crippen LogP contribution in [0.3, 0.4) is 0 Å². The molecule has 0 saturated heterocycles. The van der Waals surface area contributed by atoms with Gasteiger partial charge in [0.1, 0.15) is 0 Å². The summed E-state index contributed by atoms with van der Waals surface area (Å²) in [5.41, 5.74) is 6.84. The molecule has 1 aromatic carbocycles. The lowest BCUT2D eigenvalue weighted by atomic mass is 9.95. The molecular weight excluding hydrogens is 258 g/mol. The Hall–Kier alpha value is -0.870. The van der Waals surface area contributed by atoms with Gasteiger partial charge in [-0.3, -0.25) is 0 Å². The summed E-state index contributed by atoms with van der Waals surface area (Å²) in [4.78, 5) is 0.444. The summed E-state index contributed by atoms with van der Waals surface area (Å²) in [6.07, 6.45) is 2.58. The fourth-order valence-corrected chi connectivity index (χ4v) is 3.46. The van der Waals surface area contributed by atoms with E-state index in [0.29, 0.717) is 17.2 Å². The van der Waals surface area contributed by atoms with Crippen molar-refractivity contribution in [1.82, 2.24) is 0 Å². The van der Waals surface area contributed by atoms with Gasteiger partial charge in [0.2, 0.25) is 0 Å². The van der Waals surface area contributed by atoms with E-state index in [0.717, 1.165) is 18.4 Å². The highest BCUT2D eigenvalue weighted by Gasteiger charge is 2.15. The third kappa shape index (κ3) is 4.96. The number of benzene rings is 1. The lowest BCUT2D eigenvalue weighted by Crippen LogP contribution is -2.15. The summed E-state index contributed by atoms with van der Waals surface area (Å²) in [6, 6.07) is 7.52. The summed E-state index contributed by atoms with van der Waals surface area (Å²) in [6.45, 7) is 6.00. The van der Waals surface area contributed by atoms with Gasteiger partial charge in [0.15, 0.2) is 9.84 Å². The van der Waals surface area contributed by atoms with E-state index in [2.05, 4.69) is 6.92 Å².